The van der Waals surface area contributed by atoms with Crippen LogP contribution in [0.15, 0.2) is 40.2 Å². The van der Waals surface area contributed by atoms with Gasteiger partial charge in [-0.05, 0) is 25.8 Å². The summed E-state index contributed by atoms with van der Waals surface area (Å²) in [7, 11) is 0. The average Bonchev–Trinajstić information content (AvgIpc) is 3.31. The van der Waals surface area contributed by atoms with Gasteiger partial charge in [0.05, 0.1) is 11.4 Å². The molecule has 0 saturated carbocycles. The molecule has 140 valence electrons. The molecule has 2 aromatic heterocycles. The lowest BCUT2D eigenvalue weighted by Gasteiger charge is -2.10. The van der Waals surface area contributed by atoms with Gasteiger partial charge in [-0.25, -0.2) is 9.78 Å². The number of nitrogens with one attached hydrogen (secondary N) is 1. The Kier molecular flexibility index (Phi) is 5.66. The summed E-state index contributed by atoms with van der Waals surface area (Å²) >= 11 is 1.31. The van der Waals surface area contributed by atoms with Gasteiger partial charge in [-0.2, -0.15) is 0 Å². The van der Waals surface area contributed by atoms with Crippen molar-refractivity contribution in [1.29, 1.82) is 0 Å². The Labute approximate surface area is 160 Å². The fourth-order valence-corrected chi connectivity index (χ4v) is 3.04. The molecule has 1 atom stereocenters. The number of ether oxygens (including phenoxy) is 1. The van der Waals surface area contributed by atoms with E-state index >= 15 is 0 Å². The van der Waals surface area contributed by atoms with Crippen molar-refractivity contribution in [2.45, 2.75) is 33.3 Å². The molecule has 0 aliphatic heterocycles. The summed E-state index contributed by atoms with van der Waals surface area (Å²) in [6.45, 7) is 5.27. The monoisotopic (exact) mass is 385 g/mol. The van der Waals surface area contributed by atoms with E-state index < -0.39 is 18.0 Å². The first kappa shape index (κ1) is 18.8. The number of anilines is 1. The van der Waals surface area contributed by atoms with Gasteiger partial charge in [0.15, 0.2) is 11.2 Å². The Hall–Kier alpha value is -3.00. The van der Waals surface area contributed by atoms with Crippen molar-refractivity contribution < 1.29 is 18.8 Å². The lowest BCUT2D eigenvalue weighted by molar-refractivity contribution is -0.123. The Morgan fingerprint density at radius 2 is 2.04 bits per heavy atom. The molecule has 3 aromatic rings. The molecule has 0 fully saturated rings. The third-order valence-corrected chi connectivity index (χ3v) is 4.63. The molecule has 0 aliphatic rings. The smallest absolute Gasteiger partial charge is 0.377 e. The third kappa shape index (κ3) is 4.59. The number of amides is 1. The Balaban J connectivity index is 1.60. The van der Waals surface area contributed by atoms with Crippen LogP contribution in [0.5, 0.6) is 0 Å². The van der Waals surface area contributed by atoms with Crippen LogP contribution in [0.3, 0.4) is 0 Å². The van der Waals surface area contributed by atoms with Gasteiger partial charge in [0.2, 0.25) is 5.76 Å². The fraction of sp³-hybridized carbons (Fsp3) is 0.263. The highest BCUT2D eigenvalue weighted by atomic mass is 32.1. The molecule has 27 heavy (non-hydrogen) atoms. The summed E-state index contributed by atoms with van der Waals surface area (Å²) in [5.41, 5.74) is 3.56. The Morgan fingerprint density at radius 3 is 2.67 bits per heavy atom. The van der Waals surface area contributed by atoms with Crippen LogP contribution in [0.2, 0.25) is 0 Å². The fourth-order valence-electron chi connectivity index (χ4n) is 2.31. The summed E-state index contributed by atoms with van der Waals surface area (Å²) in [6, 6.07) is 9.57. The second kappa shape index (κ2) is 8.13. The lowest BCUT2D eigenvalue weighted by Crippen LogP contribution is -2.29. The molecule has 7 nitrogen and oxygen atoms in total. The first-order valence-corrected chi connectivity index (χ1v) is 9.34. The van der Waals surface area contributed by atoms with Crippen LogP contribution >= 0.6 is 11.3 Å². The number of hydrogen-bond acceptors (Lipinski definition) is 7. The zero-order chi connectivity index (χ0) is 19.4. The molecule has 8 heteroatoms. The number of rotatable bonds is 6. The number of carbonyl (C=O) groups excluding carboxylic acids is 2. The number of carbonyl (C=O) groups is 2. The number of hydrogen-bond donors (Lipinski definition) is 1. The summed E-state index contributed by atoms with van der Waals surface area (Å²) in [6.07, 6.45) is -0.0257. The van der Waals surface area contributed by atoms with Crippen LogP contribution in [0.4, 0.5) is 5.13 Å². The van der Waals surface area contributed by atoms with Crippen LogP contribution in [-0.4, -0.2) is 28.1 Å². The van der Waals surface area contributed by atoms with E-state index in [1.165, 1.54) is 29.9 Å². The summed E-state index contributed by atoms with van der Waals surface area (Å²) in [5.74, 6) is -1.25. The second-order valence-electron chi connectivity index (χ2n) is 5.96. The van der Waals surface area contributed by atoms with E-state index in [4.69, 9.17) is 9.26 Å². The predicted molar refractivity (Wildman–Crippen MR) is 102 cm³/mol. The standard InChI is InChI=1S/C19H19N3O4S/c1-4-13-5-7-14(8-6-13)15-10-27-19(20-15)21-17(23)12(3)25-18(24)16-9-11(2)22-26-16/h5-10,12H,4H2,1-3H3,(H,20,21,23)/t12-/m0/s1. The molecule has 1 aromatic carbocycles. The molecule has 1 N–H and O–H groups in total. The largest absolute Gasteiger partial charge is 0.447 e. The molecule has 0 aliphatic carbocycles. The van der Waals surface area contributed by atoms with Crippen molar-refractivity contribution in [3.05, 3.63) is 52.7 Å². The molecule has 0 bridgehead atoms. The average molecular weight is 385 g/mol. The van der Waals surface area contributed by atoms with Gasteiger partial charge in [0, 0.05) is 17.0 Å². The van der Waals surface area contributed by atoms with E-state index in [0.717, 1.165) is 17.7 Å². The third-order valence-electron chi connectivity index (χ3n) is 3.87. The summed E-state index contributed by atoms with van der Waals surface area (Å²) in [5, 5.41) is 8.58. The highest BCUT2D eigenvalue weighted by molar-refractivity contribution is 7.14. The van der Waals surface area contributed by atoms with Gasteiger partial charge in [-0.3, -0.25) is 10.1 Å². The molecule has 1 amide bonds. The van der Waals surface area contributed by atoms with Crippen LogP contribution < -0.4 is 5.32 Å². The van der Waals surface area contributed by atoms with Crippen LogP contribution in [0.25, 0.3) is 11.3 Å². The number of nitrogens with zero attached hydrogens (tertiary/aromatic N) is 2. The number of aryl methyl sites for hydroxylation is 2. The van der Waals surface area contributed by atoms with Gasteiger partial charge < -0.3 is 9.26 Å². The SMILES string of the molecule is CCc1ccc(-c2csc(NC(=O)[C@H](C)OC(=O)c3cc(C)no3)n2)cc1. The van der Waals surface area contributed by atoms with Crippen LogP contribution in [0.1, 0.15) is 35.7 Å². The predicted octanol–water partition coefficient (Wildman–Crippen LogP) is 3.85. The van der Waals surface area contributed by atoms with Gasteiger partial charge >= 0.3 is 5.97 Å². The minimum absolute atomic E-state index is 0.0424. The maximum atomic E-state index is 12.2. The minimum atomic E-state index is -1.00. The Bertz CT molecular complexity index is 946. The van der Waals surface area contributed by atoms with Gasteiger partial charge in [-0.1, -0.05) is 36.3 Å². The summed E-state index contributed by atoms with van der Waals surface area (Å²) in [4.78, 5) is 28.6. The minimum Gasteiger partial charge on any atom is -0.447 e. The van der Waals surface area contributed by atoms with Crippen LogP contribution in [-0.2, 0) is 16.0 Å². The van der Waals surface area contributed by atoms with Crippen molar-refractivity contribution in [3.8, 4) is 11.3 Å². The van der Waals surface area contributed by atoms with E-state index in [9.17, 15) is 9.59 Å². The van der Waals surface area contributed by atoms with Crippen LogP contribution in [0, 0.1) is 6.92 Å². The van der Waals surface area contributed by atoms with Crippen molar-refractivity contribution in [2.75, 3.05) is 5.32 Å². The molecule has 0 radical (unpaired) electrons. The molecule has 0 unspecified atom stereocenters. The van der Waals surface area contributed by atoms with Crippen molar-refractivity contribution in [1.82, 2.24) is 10.1 Å². The number of esters is 1. The van der Waals surface area contributed by atoms with Crippen molar-refractivity contribution in [2.24, 2.45) is 0 Å². The second-order valence-corrected chi connectivity index (χ2v) is 6.82. The molecule has 3 rings (SSSR count). The molecule has 0 spiro atoms. The van der Waals surface area contributed by atoms with Gasteiger partial charge in [-0.15, -0.1) is 11.3 Å². The van der Waals surface area contributed by atoms with Crippen molar-refractivity contribution >= 4 is 28.3 Å². The van der Waals surface area contributed by atoms with Gasteiger partial charge in [0.25, 0.3) is 5.91 Å². The summed E-state index contributed by atoms with van der Waals surface area (Å²) < 4.78 is 9.92. The molecular weight excluding hydrogens is 366 g/mol. The Morgan fingerprint density at radius 1 is 1.30 bits per heavy atom. The quantitative estimate of drug-likeness (QED) is 0.648. The highest BCUT2D eigenvalue weighted by Gasteiger charge is 2.22. The van der Waals surface area contributed by atoms with E-state index in [1.807, 2.05) is 17.5 Å². The zero-order valence-electron chi connectivity index (χ0n) is 15.2. The van der Waals surface area contributed by atoms with E-state index in [-0.39, 0.29) is 5.76 Å². The first-order valence-electron chi connectivity index (χ1n) is 8.46. The van der Waals surface area contributed by atoms with Gasteiger partial charge in [0.1, 0.15) is 0 Å². The molecular formula is C19H19N3O4S. The number of aromatic nitrogens is 2. The van der Waals surface area contributed by atoms with E-state index in [2.05, 4.69) is 34.5 Å². The van der Waals surface area contributed by atoms with Crippen molar-refractivity contribution in [3.63, 3.8) is 0 Å². The lowest BCUT2D eigenvalue weighted by atomic mass is 10.1. The first-order chi connectivity index (χ1) is 13.0. The molecule has 2 heterocycles. The van der Waals surface area contributed by atoms with E-state index in [0.29, 0.717) is 10.8 Å². The zero-order valence-corrected chi connectivity index (χ0v) is 16.0. The maximum absolute atomic E-state index is 12.2. The normalized spacial score (nSPS) is 11.8. The topological polar surface area (TPSA) is 94.3 Å². The number of thiazole rings is 1. The number of benzene rings is 1. The maximum Gasteiger partial charge on any atom is 0.377 e. The van der Waals surface area contributed by atoms with E-state index in [1.54, 1.807) is 6.92 Å². The molecule has 0 saturated heterocycles. The highest BCUT2D eigenvalue weighted by Crippen LogP contribution is 2.25.